The van der Waals surface area contributed by atoms with Crippen molar-refractivity contribution in [3.8, 4) is 5.88 Å². The van der Waals surface area contributed by atoms with Crippen LogP contribution in [0.5, 0.6) is 5.88 Å². The molecular formula is C9H10F3N3OS. The maximum absolute atomic E-state index is 12.8. The Balaban J connectivity index is 2.13. The van der Waals surface area contributed by atoms with Crippen LogP contribution in [0, 0.1) is 0 Å². The Morgan fingerprint density at radius 2 is 2.18 bits per heavy atom. The SMILES string of the molecule is FC(F)C(F)Oc1nsnc1C1=CCCNC1. The average Bonchev–Trinajstić information content (AvgIpc) is 2.78. The van der Waals surface area contributed by atoms with Gasteiger partial charge in [-0.05, 0) is 18.5 Å². The number of hydrogen-bond donors (Lipinski definition) is 1. The summed E-state index contributed by atoms with van der Waals surface area (Å²) in [6.07, 6.45) is -3.14. The van der Waals surface area contributed by atoms with Crippen molar-refractivity contribution in [1.82, 2.24) is 14.1 Å². The van der Waals surface area contributed by atoms with Gasteiger partial charge in [0.1, 0.15) is 5.69 Å². The highest BCUT2D eigenvalue weighted by Gasteiger charge is 2.25. The summed E-state index contributed by atoms with van der Waals surface area (Å²) in [5.41, 5.74) is 1.13. The number of nitrogens with zero attached hydrogens (tertiary/aromatic N) is 2. The van der Waals surface area contributed by atoms with E-state index in [-0.39, 0.29) is 5.88 Å². The van der Waals surface area contributed by atoms with Crippen molar-refractivity contribution in [3.05, 3.63) is 11.8 Å². The minimum absolute atomic E-state index is 0.169. The Labute approximate surface area is 99.8 Å². The van der Waals surface area contributed by atoms with Gasteiger partial charge in [-0.15, -0.1) is 4.37 Å². The standard InChI is InChI=1S/C9H10F3N3OS/c10-7(11)8(12)16-9-6(14-17-15-9)5-2-1-3-13-4-5/h2,7-8,13H,1,3-4H2. The number of hydrogen-bond acceptors (Lipinski definition) is 5. The molecular weight excluding hydrogens is 255 g/mol. The van der Waals surface area contributed by atoms with Crippen LogP contribution in [0.2, 0.25) is 0 Å². The van der Waals surface area contributed by atoms with Crippen molar-refractivity contribution in [2.45, 2.75) is 19.2 Å². The van der Waals surface area contributed by atoms with Crippen LogP contribution in [0.25, 0.3) is 5.57 Å². The quantitative estimate of drug-likeness (QED) is 0.902. The minimum Gasteiger partial charge on any atom is -0.435 e. The van der Waals surface area contributed by atoms with Crippen molar-refractivity contribution < 1.29 is 17.9 Å². The van der Waals surface area contributed by atoms with E-state index in [9.17, 15) is 13.2 Å². The van der Waals surface area contributed by atoms with Crippen molar-refractivity contribution in [2.24, 2.45) is 0 Å². The lowest BCUT2D eigenvalue weighted by molar-refractivity contribution is -0.0688. The molecule has 4 nitrogen and oxygen atoms in total. The third-order valence-electron chi connectivity index (χ3n) is 2.21. The first-order valence-corrected chi connectivity index (χ1v) is 5.73. The van der Waals surface area contributed by atoms with Gasteiger partial charge in [0.15, 0.2) is 0 Å². The van der Waals surface area contributed by atoms with E-state index in [0.717, 1.165) is 30.3 Å². The second-order valence-electron chi connectivity index (χ2n) is 3.42. The summed E-state index contributed by atoms with van der Waals surface area (Å²) in [6.45, 7) is 1.40. The van der Waals surface area contributed by atoms with Crippen LogP contribution in [-0.2, 0) is 0 Å². The normalized spacial score (nSPS) is 18.0. The summed E-state index contributed by atoms with van der Waals surface area (Å²) in [6, 6.07) is 0. The zero-order valence-corrected chi connectivity index (χ0v) is 9.51. The third kappa shape index (κ3) is 2.95. The molecule has 1 N–H and O–H groups in total. The predicted molar refractivity (Wildman–Crippen MR) is 56.9 cm³/mol. The van der Waals surface area contributed by atoms with Crippen LogP contribution in [0.15, 0.2) is 6.08 Å². The first-order valence-electron chi connectivity index (χ1n) is 5.00. The van der Waals surface area contributed by atoms with E-state index in [1.807, 2.05) is 6.08 Å². The van der Waals surface area contributed by atoms with Crippen LogP contribution in [0.1, 0.15) is 12.1 Å². The number of ether oxygens (including phenoxy) is 1. The maximum atomic E-state index is 12.8. The van der Waals surface area contributed by atoms with E-state index in [1.165, 1.54) is 0 Å². The summed E-state index contributed by atoms with van der Waals surface area (Å²) in [5.74, 6) is -0.169. The van der Waals surface area contributed by atoms with E-state index in [4.69, 9.17) is 0 Å². The molecule has 0 fully saturated rings. The van der Waals surface area contributed by atoms with Gasteiger partial charge in [0, 0.05) is 6.54 Å². The number of aromatic nitrogens is 2. The van der Waals surface area contributed by atoms with E-state index in [1.54, 1.807) is 0 Å². The van der Waals surface area contributed by atoms with Crippen LogP contribution in [-0.4, -0.2) is 34.6 Å². The Kier molecular flexibility index (Phi) is 3.95. The highest BCUT2D eigenvalue weighted by Crippen LogP contribution is 2.26. The molecule has 0 amide bonds. The molecule has 1 aromatic heterocycles. The molecule has 17 heavy (non-hydrogen) atoms. The third-order valence-corrected chi connectivity index (χ3v) is 2.72. The molecule has 0 aromatic carbocycles. The number of alkyl halides is 3. The fourth-order valence-corrected chi connectivity index (χ4v) is 1.96. The molecule has 0 spiro atoms. The lowest BCUT2D eigenvalue weighted by atomic mass is 10.1. The van der Waals surface area contributed by atoms with Gasteiger partial charge >= 0.3 is 6.43 Å². The van der Waals surface area contributed by atoms with Crippen molar-refractivity contribution in [3.63, 3.8) is 0 Å². The molecule has 1 aliphatic heterocycles. The summed E-state index contributed by atoms with van der Waals surface area (Å²) in [5, 5.41) is 3.10. The molecule has 1 atom stereocenters. The molecule has 1 aromatic rings. The largest absolute Gasteiger partial charge is 0.435 e. The zero-order valence-electron chi connectivity index (χ0n) is 8.70. The molecule has 0 radical (unpaired) electrons. The number of rotatable bonds is 4. The number of halogens is 3. The van der Waals surface area contributed by atoms with Crippen LogP contribution in [0.4, 0.5) is 13.2 Å². The van der Waals surface area contributed by atoms with E-state index < -0.39 is 12.8 Å². The Bertz CT molecular complexity index is 410. The maximum Gasteiger partial charge on any atom is 0.304 e. The van der Waals surface area contributed by atoms with E-state index >= 15 is 0 Å². The molecule has 1 aliphatic rings. The second kappa shape index (κ2) is 5.46. The van der Waals surface area contributed by atoms with E-state index in [2.05, 4.69) is 18.8 Å². The molecule has 2 heterocycles. The van der Waals surface area contributed by atoms with Crippen molar-refractivity contribution in [2.75, 3.05) is 13.1 Å². The van der Waals surface area contributed by atoms with Gasteiger partial charge in [0.25, 0.3) is 12.2 Å². The Morgan fingerprint density at radius 1 is 1.35 bits per heavy atom. The van der Waals surface area contributed by atoms with Crippen LogP contribution < -0.4 is 10.1 Å². The van der Waals surface area contributed by atoms with Crippen LogP contribution >= 0.6 is 11.7 Å². The molecule has 94 valence electrons. The fourth-order valence-electron chi connectivity index (χ4n) is 1.44. The van der Waals surface area contributed by atoms with Crippen molar-refractivity contribution in [1.29, 1.82) is 0 Å². The van der Waals surface area contributed by atoms with Gasteiger partial charge in [-0.2, -0.15) is 8.76 Å². The smallest absolute Gasteiger partial charge is 0.304 e. The lowest BCUT2D eigenvalue weighted by Gasteiger charge is -2.14. The number of nitrogens with one attached hydrogen (secondary N) is 1. The van der Waals surface area contributed by atoms with Gasteiger partial charge in [0.2, 0.25) is 0 Å². The Hall–Kier alpha value is -1.15. The molecule has 1 unspecified atom stereocenters. The van der Waals surface area contributed by atoms with E-state index in [0.29, 0.717) is 12.2 Å². The summed E-state index contributed by atoms with van der Waals surface area (Å²) in [7, 11) is 0. The van der Waals surface area contributed by atoms with Gasteiger partial charge in [0.05, 0.1) is 11.7 Å². The topological polar surface area (TPSA) is 47.0 Å². The van der Waals surface area contributed by atoms with Gasteiger partial charge in [-0.25, -0.2) is 8.78 Å². The molecule has 0 saturated heterocycles. The first-order chi connectivity index (χ1) is 8.18. The highest BCUT2D eigenvalue weighted by atomic mass is 32.1. The first kappa shape index (κ1) is 12.3. The van der Waals surface area contributed by atoms with Gasteiger partial charge < -0.3 is 10.1 Å². The molecule has 8 heteroatoms. The second-order valence-corrected chi connectivity index (χ2v) is 3.94. The summed E-state index contributed by atoms with van der Waals surface area (Å²) >= 11 is 0.808. The molecule has 0 bridgehead atoms. The van der Waals surface area contributed by atoms with Gasteiger partial charge in [-0.3, -0.25) is 0 Å². The fraction of sp³-hybridized carbons (Fsp3) is 0.556. The van der Waals surface area contributed by atoms with Crippen molar-refractivity contribution >= 4 is 17.3 Å². The molecule has 2 rings (SSSR count). The average molecular weight is 265 g/mol. The molecule has 0 aliphatic carbocycles. The molecule has 0 saturated carbocycles. The highest BCUT2D eigenvalue weighted by molar-refractivity contribution is 6.99. The van der Waals surface area contributed by atoms with Crippen LogP contribution in [0.3, 0.4) is 0 Å². The Morgan fingerprint density at radius 3 is 2.82 bits per heavy atom. The monoisotopic (exact) mass is 265 g/mol. The minimum atomic E-state index is -3.19. The zero-order chi connectivity index (χ0) is 12.3. The summed E-state index contributed by atoms with van der Waals surface area (Å²) in [4.78, 5) is 0. The summed E-state index contributed by atoms with van der Waals surface area (Å²) < 4.78 is 48.9. The predicted octanol–water partition coefficient (Wildman–Crippen LogP) is 1.85. The van der Waals surface area contributed by atoms with Gasteiger partial charge in [-0.1, -0.05) is 6.08 Å². The lowest BCUT2D eigenvalue weighted by Crippen LogP contribution is -2.23.